The van der Waals surface area contributed by atoms with Gasteiger partial charge in [-0.15, -0.1) is 0 Å². The van der Waals surface area contributed by atoms with Crippen molar-refractivity contribution in [3.8, 4) is 5.75 Å². The van der Waals surface area contributed by atoms with Crippen molar-refractivity contribution in [2.75, 3.05) is 7.11 Å². The van der Waals surface area contributed by atoms with E-state index < -0.39 is 0 Å². The summed E-state index contributed by atoms with van der Waals surface area (Å²) in [4.78, 5) is 5.13. The van der Waals surface area contributed by atoms with Crippen LogP contribution in [0.5, 0.6) is 5.75 Å². The number of oxime groups is 1. The van der Waals surface area contributed by atoms with Gasteiger partial charge >= 0.3 is 0 Å². The molecule has 19 heavy (non-hydrogen) atoms. The van der Waals surface area contributed by atoms with Crippen LogP contribution in [0, 0.1) is 0 Å². The highest BCUT2D eigenvalue weighted by Crippen LogP contribution is 2.21. The Morgan fingerprint density at radius 3 is 2.58 bits per heavy atom. The predicted octanol–water partition coefficient (Wildman–Crippen LogP) is 3.80. The minimum atomic E-state index is 0.125. The molecule has 0 aromatic heterocycles. The van der Waals surface area contributed by atoms with Crippen molar-refractivity contribution < 1.29 is 9.57 Å². The Kier molecular flexibility index (Phi) is 4.39. The molecule has 0 amide bonds. The van der Waals surface area contributed by atoms with E-state index in [4.69, 9.17) is 9.57 Å². The van der Waals surface area contributed by atoms with Gasteiger partial charge in [0.25, 0.3) is 0 Å². The van der Waals surface area contributed by atoms with Crippen LogP contribution in [0.1, 0.15) is 19.4 Å². The third-order valence-corrected chi connectivity index (χ3v) is 2.79. The van der Waals surface area contributed by atoms with Crippen LogP contribution >= 0.6 is 0 Å². The van der Waals surface area contributed by atoms with Crippen molar-refractivity contribution in [1.82, 2.24) is 0 Å². The van der Waals surface area contributed by atoms with Gasteiger partial charge in [0.05, 0.1) is 7.11 Å². The first-order valence-corrected chi connectivity index (χ1v) is 6.43. The van der Waals surface area contributed by atoms with E-state index in [1.165, 1.54) is 16.3 Å². The quantitative estimate of drug-likeness (QED) is 0.602. The summed E-state index contributed by atoms with van der Waals surface area (Å²) in [5.41, 5.74) is 1.22. The maximum absolute atomic E-state index is 5.22. The molecule has 0 radical (unpaired) electrons. The van der Waals surface area contributed by atoms with Crippen LogP contribution in [-0.4, -0.2) is 19.4 Å². The molecule has 0 aliphatic carbocycles. The monoisotopic (exact) mass is 257 g/mol. The largest absolute Gasteiger partial charge is 0.497 e. The van der Waals surface area contributed by atoms with Crippen LogP contribution in [0.2, 0.25) is 0 Å². The fourth-order valence-corrected chi connectivity index (χ4v) is 1.83. The van der Waals surface area contributed by atoms with E-state index in [1.54, 1.807) is 13.3 Å². The molecule has 2 aromatic carbocycles. The first kappa shape index (κ1) is 13.4. The van der Waals surface area contributed by atoms with Crippen LogP contribution in [0.4, 0.5) is 0 Å². The first-order chi connectivity index (χ1) is 9.19. The SMILES string of the molecule is COc1ccc2cc(CC=NOC(C)C)ccc2c1. The van der Waals surface area contributed by atoms with Gasteiger partial charge < -0.3 is 9.57 Å². The number of ether oxygens (including phenoxy) is 1. The number of nitrogens with zero attached hydrogens (tertiary/aromatic N) is 1. The molecule has 0 bridgehead atoms. The molecule has 2 aromatic rings. The average Bonchev–Trinajstić information content (AvgIpc) is 2.42. The van der Waals surface area contributed by atoms with Gasteiger partial charge in [-0.1, -0.05) is 29.4 Å². The van der Waals surface area contributed by atoms with Crippen molar-refractivity contribution in [1.29, 1.82) is 0 Å². The molecule has 0 unspecified atom stereocenters. The van der Waals surface area contributed by atoms with E-state index in [-0.39, 0.29) is 6.10 Å². The number of rotatable bonds is 5. The van der Waals surface area contributed by atoms with Crippen LogP contribution in [0.15, 0.2) is 41.6 Å². The van der Waals surface area contributed by atoms with Crippen LogP contribution in [0.25, 0.3) is 10.8 Å². The molecule has 0 spiro atoms. The van der Waals surface area contributed by atoms with Crippen molar-refractivity contribution in [3.63, 3.8) is 0 Å². The Labute approximate surface area is 113 Å². The Morgan fingerprint density at radius 2 is 1.84 bits per heavy atom. The van der Waals surface area contributed by atoms with E-state index in [9.17, 15) is 0 Å². The maximum atomic E-state index is 5.22. The van der Waals surface area contributed by atoms with Gasteiger partial charge in [-0.3, -0.25) is 0 Å². The van der Waals surface area contributed by atoms with E-state index in [2.05, 4.69) is 29.4 Å². The summed E-state index contributed by atoms with van der Waals surface area (Å²) in [7, 11) is 1.68. The second-order valence-corrected chi connectivity index (χ2v) is 4.69. The summed E-state index contributed by atoms with van der Waals surface area (Å²) in [5.74, 6) is 0.882. The van der Waals surface area contributed by atoms with Gasteiger partial charge in [-0.2, -0.15) is 0 Å². The molecule has 0 saturated carbocycles. The van der Waals surface area contributed by atoms with Gasteiger partial charge in [0.2, 0.25) is 0 Å². The third-order valence-electron chi connectivity index (χ3n) is 2.79. The Balaban J connectivity index is 2.11. The van der Waals surface area contributed by atoms with Crippen molar-refractivity contribution in [3.05, 3.63) is 42.0 Å². The van der Waals surface area contributed by atoms with E-state index >= 15 is 0 Å². The zero-order chi connectivity index (χ0) is 13.7. The number of fused-ring (bicyclic) bond motifs is 1. The molecule has 0 fully saturated rings. The summed E-state index contributed by atoms with van der Waals surface area (Å²) < 4.78 is 5.22. The normalized spacial score (nSPS) is 11.4. The van der Waals surface area contributed by atoms with E-state index in [1.807, 2.05) is 26.0 Å². The van der Waals surface area contributed by atoms with Crippen LogP contribution in [-0.2, 0) is 11.3 Å². The molecule has 0 saturated heterocycles. The summed E-state index contributed by atoms with van der Waals surface area (Å²) in [6.07, 6.45) is 2.69. The minimum Gasteiger partial charge on any atom is -0.497 e. The lowest BCUT2D eigenvalue weighted by Crippen LogP contribution is -1.96. The van der Waals surface area contributed by atoms with Crippen LogP contribution < -0.4 is 4.74 Å². The van der Waals surface area contributed by atoms with Gasteiger partial charge in [0.1, 0.15) is 11.9 Å². The molecule has 0 aliphatic rings. The average molecular weight is 257 g/mol. The van der Waals surface area contributed by atoms with Crippen LogP contribution in [0.3, 0.4) is 0 Å². The Morgan fingerprint density at radius 1 is 1.11 bits per heavy atom. The van der Waals surface area contributed by atoms with Crippen molar-refractivity contribution >= 4 is 17.0 Å². The standard InChI is InChI=1S/C16H19NO2/c1-12(2)19-17-9-8-13-4-5-15-11-16(18-3)7-6-14(15)10-13/h4-7,9-12H,8H2,1-3H3. The van der Waals surface area contributed by atoms with Crippen molar-refractivity contribution in [2.24, 2.45) is 5.16 Å². The smallest absolute Gasteiger partial charge is 0.121 e. The summed E-state index contributed by atoms with van der Waals surface area (Å²) >= 11 is 0. The predicted molar refractivity (Wildman–Crippen MR) is 78.9 cm³/mol. The van der Waals surface area contributed by atoms with Gasteiger partial charge in [-0.25, -0.2) is 0 Å². The number of hydrogen-bond acceptors (Lipinski definition) is 3. The maximum Gasteiger partial charge on any atom is 0.121 e. The summed E-state index contributed by atoms with van der Waals surface area (Å²) in [6.45, 7) is 3.92. The lowest BCUT2D eigenvalue weighted by molar-refractivity contribution is 0.0869. The molecular formula is C16H19NO2. The molecule has 3 heteroatoms. The third kappa shape index (κ3) is 3.71. The van der Waals surface area contributed by atoms with Gasteiger partial charge in [0.15, 0.2) is 0 Å². The zero-order valence-corrected chi connectivity index (χ0v) is 11.6. The van der Waals surface area contributed by atoms with Gasteiger partial charge in [0, 0.05) is 12.6 Å². The highest BCUT2D eigenvalue weighted by molar-refractivity contribution is 5.85. The second kappa shape index (κ2) is 6.23. The molecule has 100 valence electrons. The highest BCUT2D eigenvalue weighted by Gasteiger charge is 1.98. The Hall–Kier alpha value is -2.03. The first-order valence-electron chi connectivity index (χ1n) is 6.43. The molecule has 0 atom stereocenters. The molecule has 3 nitrogen and oxygen atoms in total. The lowest BCUT2D eigenvalue weighted by Gasteiger charge is -2.04. The van der Waals surface area contributed by atoms with Gasteiger partial charge in [-0.05, 0) is 42.3 Å². The number of hydrogen-bond donors (Lipinski definition) is 0. The molecule has 0 N–H and O–H groups in total. The fourth-order valence-electron chi connectivity index (χ4n) is 1.83. The summed E-state index contributed by atoms with van der Waals surface area (Å²) in [5, 5.41) is 6.31. The lowest BCUT2D eigenvalue weighted by atomic mass is 10.1. The summed E-state index contributed by atoms with van der Waals surface area (Å²) in [6, 6.07) is 12.4. The Bertz CT molecular complexity index is 576. The molecule has 0 aliphatic heterocycles. The number of benzene rings is 2. The fraction of sp³-hybridized carbons (Fsp3) is 0.312. The minimum absolute atomic E-state index is 0.125. The highest BCUT2D eigenvalue weighted by atomic mass is 16.6. The topological polar surface area (TPSA) is 30.8 Å². The second-order valence-electron chi connectivity index (χ2n) is 4.69. The van der Waals surface area contributed by atoms with E-state index in [0.717, 1.165) is 12.2 Å². The molecule has 2 rings (SSSR count). The van der Waals surface area contributed by atoms with Crippen molar-refractivity contribution in [2.45, 2.75) is 26.4 Å². The molecular weight excluding hydrogens is 238 g/mol. The number of methoxy groups -OCH3 is 1. The van der Waals surface area contributed by atoms with E-state index in [0.29, 0.717) is 0 Å². The molecule has 0 heterocycles. The zero-order valence-electron chi connectivity index (χ0n) is 11.6.